The molecule has 0 radical (unpaired) electrons. The van der Waals surface area contributed by atoms with E-state index in [4.69, 9.17) is 21.1 Å². The van der Waals surface area contributed by atoms with Crippen molar-refractivity contribution in [3.8, 4) is 5.75 Å². The summed E-state index contributed by atoms with van der Waals surface area (Å²) in [7, 11) is 0. The van der Waals surface area contributed by atoms with Gasteiger partial charge in [0, 0.05) is 13.1 Å². The summed E-state index contributed by atoms with van der Waals surface area (Å²) in [5.41, 5.74) is 1.11. The van der Waals surface area contributed by atoms with E-state index in [2.05, 4.69) is 5.32 Å². The van der Waals surface area contributed by atoms with Crippen molar-refractivity contribution in [1.29, 1.82) is 0 Å². The molecule has 0 bridgehead atoms. The molecule has 0 aliphatic carbocycles. The Morgan fingerprint density at radius 3 is 3.12 bits per heavy atom. The van der Waals surface area contributed by atoms with Gasteiger partial charge in [-0.25, -0.2) is 0 Å². The highest BCUT2D eigenvalue weighted by molar-refractivity contribution is 6.32. The van der Waals surface area contributed by atoms with Crippen LogP contribution in [0.15, 0.2) is 18.2 Å². The van der Waals surface area contributed by atoms with Gasteiger partial charge in [-0.1, -0.05) is 17.7 Å². The van der Waals surface area contributed by atoms with Gasteiger partial charge in [0.15, 0.2) is 0 Å². The number of halogens is 1. The highest BCUT2D eigenvalue weighted by Gasteiger charge is 2.16. The van der Waals surface area contributed by atoms with Gasteiger partial charge in [0.1, 0.15) is 5.75 Å². The van der Waals surface area contributed by atoms with Crippen LogP contribution in [0.2, 0.25) is 5.02 Å². The van der Waals surface area contributed by atoms with Crippen molar-refractivity contribution in [2.45, 2.75) is 13.0 Å². The number of rotatable bonds is 3. The molecule has 2 rings (SSSR count). The quantitative estimate of drug-likeness (QED) is 0.882. The van der Waals surface area contributed by atoms with Crippen molar-refractivity contribution < 1.29 is 9.47 Å². The van der Waals surface area contributed by atoms with E-state index in [1.54, 1.807) is 0 Å². The van der Waals surface area contributed by atoms with Crippen LogP contribution < -0.4 is 10.1 Å². The number of morpholine rings is 1. The Morgan fingerprint density at radius 1 is 1.56 bits per heavy atom. The number of benzene rings is 1. The van der Waals surface area contributed by atoms with E-state index in [0.29, 0.717) is 11.6 Å². The monoisotopic (exact) mass is 241 g/mol. The molecule has 0 saturated carbocycles. The third-order valence-corrected chi connectivity index (χ3v) is 2.87. The maximum absolute atomic E-state index is 6.03. The molecular formula is C12H16ClNO2. The first-order valence-corrected chi connectivity index (χ1v) is 5.93. The fourth-order valence-corrected chi connectivity index (χ4v) is 1.94. The summed E-state index contributed by atoms with van der Waals surface area (Å²) in [5.74, 6) is 0.732. The second kappa shape index (κ2) is 5.53. The zero-order valence-electron chi connectivity index (χ0n) is 9.33. The van der Waals surface area contributed by atoms with Gasteiger partial charge in [-0.3, -0.25) is 0 Å². The molecule has 1 aromatic rings. The summed E-state index contributed by atoms with van der Waals surface area (Å²) in [6.45, 7) is 5.07. The smallest absolute Gasteiger partial charge is 0.138 e. The summed E-state index contributed by atoms with van der Waals surface area (Å²) in [4.78, 5) is 0. The molecule has 1 aromatic carbocycles. The Kier molecular flexibility index (Phi) is 4.04. The van der Waals surface area contributed by atoms with Gasteiger partial charge in [-0.15, -0.1) is 0 Å². The summed E-state index contributed by atoms with van der Waals surface area (Å²) in [6.07, 6.45) is 0.102. The van der Waals surface area contributed by atoms with E-state index in [1.807, 2.05) is 25.1 Å². The van der Waals surface area contributed by atoms with Crippen molar-refractivity contribution in [3.63, 3.8) is 0 Å². The lowest BCUT2D eigenvalue weighted by atomic mass is 10.1. The molecule has 3 nitrogen and oxygen atoms in total. The van der Waals surface area contributed by atoms with Gasteiger partial charge in [0.05, 0.1) is 24.3 Å². The lowest BCUT2D eigenvalue weighted by molar-refractivity contribution is 0.0275. The minimum atomic E-state index is 0.102. The fourth-order valence-electron chi connectivity index (χ4n) is 1.77. The molecule has 4 heteroatoms. The Hall–Kier alpha value is -0.770. The minimum Gasteiger partial charge on any atom is -0.492 e. The van der Waals surface area contributed by atoms with Crippen molar-refractivity contribution in [2.24, 2.45) is 0 Å². The largest absolute Gasteiger partial charge is 0.492 e. The maximum Gasteiger partial charge on any atom is 0.138 e. The lowest BCUT2D eigenvalue weighted by Crippen LogP contribution is -2.33. The van der Waals surface area contributed by atoms with E-state index in [1.165, 1.54) is 0 Å². The molecule has 1 aliphatic rings. The Labute approximate surface area is 101 Å². The van der Waals surface area contributed by atoms with E-state index in [0.717, 1.165) is 31.0 Å². The van der Waals surface area contributed by atoms with Gasteiger partial charge >= 0.3 is 0 Å². The number of hydrogen-bond donors (Lipinski definition) is 1. The van der Waals surface area contributed by atoms with Gasteiger partial charge in [0.25, 0.3) is 0 Å². The van der Waals surface area contributed by atoms with E-state index in [-0.39, 0.29) is 6.10 Å². The van der Waals surface area contributed by atoms with Crippen LogP contribution in [0.5, 0.6) is 5.75 Å². The third kappa shape index (κ3) is 2.67. The van der Waals surface area contributed by atoms with E-state index in [9.17, 15) is 0 Å². The number of ether oxygens (including phenoxy) is 2. The van der Waals surface area contributed by atoms with Crippen molar-refractivity contribution >= 4 is 11.6 Å². The maximum atomic E-state index is 6.03. The molecule has 1 fully saturated rings. The zero-order chi connectivity index (χ0) is 11.4. The molecule has 1 unspecified atom stereocenters. The van der Waals surface area contributed by atoms with Crippen LogP contribution in [-0.2, 0) is 4.74 Å². The summed E-state index contributed by atoms with van der Waals surface area (Å²) in [5, 5.41) is 3.95. The minimum absolute atomic E-state index is 0.102. The SMILES string of the molecule is CCOc1cc(C2CNCCO2)ccc1Cl. The standard InChI is InChI=1S/C12H16ClNO2/c1-2-15-11-7-9(3-4-10(11)13)12-8-14-5-6-16-12/h3-4,7,12,14H,2,5-6,8H2,1H3. The Bertz CT molecular complexity index is 351. The summed E-state index contributed by atoms with van der Waals surface area (Å²) in [6, 6.07) is 5.81. The summed E-state index contributed by atoms with van der Waals surface area (Å²) < 4.78 is 11.1. The first kappa shape index (κ1) is 11.7. The highest BCUT2D eigenvalue weighted by Crippen LogP contribution is 2.29. The van der Waals surface area contributed by atoms with Crippen molar-refractivity contribution in [2.75, 3.05) is 26.3 Å². The van der Waals surface area contributed by atoms with Crippen LogP contribution in [0.4, 0.5) is 0 Å². The van der Waals surface area contributed by atoms with Gasteiger partial charge < -0.3 is 14.8 Å². The molecule has 0 spiro atoms. The molecule has 16 heavy (non-hydrogen) atoms. The number of nitrogens with one attached hydrogen (secondary N) is 1. The van der Waals surface area contributed by atoms with Crippen LogP contribution in [0.3, 0.4) is 0 Å². The number of hydrogen-bond acceptors (Lipinski definition) is 3. The first-order valence-electron chi connectivity index (χ1n) is 5.56. The second-order valence-corrected chi connectivity index (χ2v) is 4.09. The zero-order valence-corrected chi connectivity index (χ0v) is 10.1. The van der Waals surface area contributed by atoms with Crippen LogP contribution in [-0.4, -0.2) is 26.3 Å². The average Bonchev–Trinajstić information content (AvgIpc) is 2.33. The van der Waals surface area contributed by atoms with Gasteiger partial charge in [-0.05, 0) is 24.6 Å². The molecule has 1 heterocycles. The second-order valence-electron chi connectivity index (χ2n) is 3.69. The average molecular weight is 242 g/mol. The van der Waals surface area contributed by atoms with Crippen LogP contribution in [0.1, 0.15) is 18.6 Å². The third-order valence-electron chi connectivity index (χ3n) is 2.55. The molecule has 88 valence electrons. The van der Waals surface area contributed by atoms with Crippen molar-refractivity contribution in [1.82, 2.24) is 5.32 Å². The summed E-state index contributed by atoms with van der Waals surface area (Å²) >= 11 is 6.03. The molecule has 1 N–H and O–H groups in total. The van der Waals surface area contributed by atoms with Gasteiger partial charge in [0.2, 0.25) is 0 Å². The Morgan fingerprint density at radius 2 is 2.44 bits per heavy atom. The van der Waals surface area contributed by atoms with Crippen LogP contribution in [0, 0.1) is 0 Å². The molecule has 0 amide bonds. The van der Waals surface area contributed by atoms with Crippen LogP contribution >= 0.6 is 11.6 Å². The van der Waals surface area contributed by atoms with Gasteiger partial charge in [-0.2, -0.15) is 0 Å². The first-order chi connectivity index (χ1) is 7.81. The highest BCUT2D eigenvalue weighted by atomic mass is 35.5. The molecular weight excluding hydrogens is 226 g/mol. The van der Waals surface area contributed by atoms with Crippen molar-refractivity contribution in [3.05, 3.63) is 28.8 Å². The molecule has 1 saturated heterocycles. The predicted molar refractivity (Wildman–Crippen MR) is 64.2 cm³/mol. The van der Waals surface area contributed by atoms with E-state index < -0.39 is 0 Å². The lowest BCUT2D eigenvalue weighted by Gasteiger charge is -2.24. The molecule has 1 aliphatic heterocycles. The van der Waals surface area contributed by atoms with E-state index >= 15 is 0 Å². The predicted octanol–water partition coefficient (Wildman–Crippen LogP) is 2.40. The molecule has 0 aromatic heterocycles. The normalized spacial score (nSPS) is 20.8. The fraction of sp³-hybridized carbons (Fsp3) is 0.500. The topological polar surface area (TPSA) is 30.5 Å². The van der Waals surface area contributed by atoms with Crippen LogP contribution in [0.25, 0.3) is 0 Å². The Balaban J connectivity index is 2.17. The molecule has 1 atom stereocenters.